The van der Waals surface area contributed by atoms with E-state index in [0.717, 1.165) is 12.0 Å². The largest absolute Gasteiger partial charge is 0.452 e. The highest BCUT2D eigenvalue weighted by Crippen LogP contribution is 2.45. The lowest BCUT2D eigenvalue weighted by Crippen LogP contribution is -2.31. The topological polar surface area (TPSA) is 92.8 Å². The predicted molar refractivity (Wildman–Crippen MR) is 144 cm³/mol. The standard InChI is InChI=1S/C30H27ClN2O5/c1-18-10-12-22(16-26(18)31)32-27(34)17-38-30(37)21-8-5-9-23(14-21)33-28(35)24-13-11-20(15-25(24)29(33)36)19-6-3-2-4-7-19/h2-10,12,14,16,20,24-25H,11,13,15,17H2,1H3,(H,32,34)/t20-,24-,25-/m1/s1. The molecule has 2 aliphatic rings. The Hall–Kier alpha value is -3.97. The van der Waals surface area contributed by atoms with E-state index in [0.29, 0.717) is 29.2 Å². The molecule has 0 aromatic heterocycles. The van der Waals surface area contributed by atoms with Gasteiger partial charge in [0, 0.05) is 10.7 Å². The van der Waals surface area contributed by atoms with Gasteiger partial charge < -0.3 is 10.1 Å². The van der Waals surface area contributed by atoms with E-state index < -0.39 is 18.5 Å². The number of imide groups is 1. The number of esters is 1. The highest BCUT2D eigenvalue weighted by Gasteiger charge is 2.50. The molecule has 1 aliphatic carbocycles. The molecule has 1 aliphatic heterocycles. The van der Waals surface area contributed by atoms with E-state index in [4.69, 9.17) is 16.3 Å². The number of nitrogens with one attached hydrogen (secondary N) is 1. The average Bonchev–Trinajstić information content (AvgIpc) is 3.19. The van der Waals surface area contributed by atoms with Crippen LogP contribution in [0.2, 0.25) is 5.02 Å². The fourth-order valence-corrected chi connectivity index (χ4v) is 5.50. The molecular formula is C30H27ClN2O5. The van der Waals surface area contributed by atoms with Crippen LogP contribution in [0.3, 0.4) is 0 Å². The number of halogens is 1. The van der Waals surface area contributed by atoms with Crippen LogP contribution in [0.5, 0.6) is 0 Å². The van der Waals surface area contributed by atoms with Crippen molar-refractivity contribution in [2.75, 3.05) is 16.8 Å². The summed E-state index contributed by atoms with van der Waals surface area (Å²) in [5, 5.41) is 3.14. The van der Waals surface area contributed by atoms with Gasteiger partial charge in [-0.25, -0.2) is 4.79 Å². The molecular weight excluding hydrogens is 504 g/mol. The van der Waals surface area contributed by atoms with Gasteiger partial charge in [0.2, 0.25) is 11.8 Å². The number of aryl methyl sites for hydroxylation is 1. The van der Waals surface area contributed by atoms with Crippen molar-refractivity contribution in [2.24, 2.45) is 11.8 Å². The predicted octanol–water partition coefficient (Wildman–Crippen LogP) is 5.52. The summed E-state index contributed by atoms with van der Waals surface area (Å²) >= 11 is 6.08. The van der Waals surface area contributed by atoms with E-state index in [9.17, 15) is 19.2 Å². The molecule has 0 spiro atoms. The molecule has 8 heteroatoms. The van der Waals surface area contributed by atoms with Crippen molar-refractivity contribution >= 4 is 46.7 Å². The second-order valence-electron chi connectivity index (χ2n) is 9.78. The molecule has 5 rings (SSSR count). The number of amides is 3. The van der Waals surface area contributed by atoms with Gasteiger partial charge >= 0.3 is 5.97 Å². The van der Waals surface area contributed by atoms with Gasteiger partial charge in [-0.1, -0.05) is 54.1 Å². The number of rotatable bonds is 6. The van der Waals surface area contributed by atoms with Crippen LogP contribution < -0.4 is 10.2 Å². The lowest BCUT2D eigenvalue weighted by atomic mass is 9.73. The van der Waals surface area contributed by atoms with Gasteiger partial charge in [-0.15, -0.1) is 0 Å². The zero-order chi connectivity index (χ0) is 26.8. The van der Waals surface area contributed by atoms with Crippen molar-refractivity contribution < 1.29 is 23.9 Å². The van der Waals surface area contributed by atoms with E-state index in [-0.39, 0.29) is 35.1 Å². The van der Waals surface area contributed by atoms with E-state index in [1.54, 1.807) is 30.3 Å². The molecule has 0 radical (unpaired) electrons. The maximum atomic E-state index is 13.4. The molecule has 3 aromatic carbocycles. The number of benzene rings is 3. The Kier molecular flexibility index (Phi) is 7.29. The summed E-state index contributed by atoms with van der Waals surface area (Å²) in [5.41, 5.74) is 3.03. The van der Waals surface area contributed by atoms with Gasteiger partial charge in [-0.2, -0.15) is 0 Å². The van der Waals surface area contributed by atoms with E-state index in [1.165, 1.54) is 22.6 Å². The normalized spacial score (nSPS) is 20.7. The molecule has 1 saturated carbocycles. The van der Waals surface area contributed by atoms with Crippen LogP contribution in [0.1, 0.15) is 46.7 Å². The molecule has 194 valence electrons. The SMILES string of the molecule is Cc1ccc(NC(=O)COC(=O)c2cccc(N3C(=O)[C@@H]4CC[C@@H](c5ccccc5)C[C@H]4C3=O)c2)cc1Cl. The first-order chi connectivity index (χ1) is 18.3. The van der Waals surface area contributed by atoms with E-state index in [2.05, 4.69) is 17.4 Å². The Bertz CT molecular complexity index is 1410. The van der Waals surface area contributed by atoms with Gasteiger partial charge in [0.15, 0.2) is 6.61 Å². The van der Waals surface area contributed by atoms with Gasteiger partial charge in [0.1, 0.15) is 0 Å². The smallest absolute Gasteiger partial charge is 0.338 e. The number of hydrogen-bond acceptors (Lipinski definition) is 5. The Morgan fingerprint density at radius 1 is 0.947 bits per heavy atom. The number of carbonyl (C=O) groups is 4. The highest BCUT2D eigenvalue weighted by molar-refractivity contribution is 6.31. The minimum atomic E-state index is -0.732. The number of ether oxygens (including phenoxy) is 1. The third kappa shape index (κ3) is 5.20. The second-order valence-corrected chi connectivity index (χ2v) is 10.2. The highest BCUT2D eigenvalue weighted by atomic mass is 35.5. The van der Waals surface area contributed by atoms with Crippen LogP contribution in [0, 0.1) is 18.8 Å². The summed E-state index contributed by atoms with van der Waals surface area (Å²) < 4.78 is 5.17. The lowest BCUT2D eigenvalue weighted by Gasteiger charge is -2.28. The van der Waals surface area contributed by atoms with E-state index >= 15 is 0 Å². The quantitative estimate of drug-likeness (QED) is 0.335. The van der Waals surface area contributed by atoms with Gasteiger partial charge in [-0.3, -0.25) is 19.3 Å². The van der Waals surface area contributed by atoms with Crippen LogP contribution in [0.25, 0.3) is 0 Å². The minimum absolute atomic E-state index is 0.145. The molecule has 0 unspecified atom stereocenters. The van der Waals surface area contributed by atoms with E-state index in [1.807, 2.05) is 25.1 Å². The van der Waals surface area contributed by atoms with Crippen molar-refractivity contribution in [2.45, 2.75) is 32.1 Å². The van der Waals surface area contributed by atoms with Crippen molar-refractivity contribution in [3.8, 4) is 0 Å². The van der Waals surface area contributed by atoms with Crippen LogP contribution in [-0.2, 0) is 19.1 Å². The zero-order valence-electron chi connectivity index (χ0n) is 20.9. The Balaban J connectivity index is 1.24. The third-order valence-electron chi connectivity index (χ3n) is 7.33. The number of anilines is 2. The number of carbonyl (C=O) groups excluding carboxylic acids is 4. The first-order valence-corrected chi connectivity index (χ1v) is 13.0. The first-order valence-electron chi connectivity index (χ1n) is 12.6. The lowest BCUT2D eigenvalue weighted by molar-refractivity contribution is -0.122. The fourth-order valence-electron chi connectivity index (χ4n) is 5.32. The molecule has 0 bridgehead atoms. The minimum Gasteiger partial charge on any atom is -0.452 e. The summed E-state index contributed by atoms with van der Waals surface area (Å²) in [5.74, 6) is -2.21. The molecule has 1 N–H and O–H groups in total. The molecule has 1 saturated heterocycles. The molecule has 3 atom stereocenters. The first kappa shape index (κ1) is 25.7. The number of fused-ring (bicyclic) bond motifs is 1. The Labute approximate surface area is 225 Å². The van der Waals surface area contributed by atoms with Crippen molar-refractivity contribution in [1.82, 2.24) is 0 Å². The average molecular weight is 531 g/mol. The van der Waals surface area contributed by atoms with Gasteiger partial charge in [-0.05, 0) is 73.6 Å². The molecule has 3 aromatic rings. The molecule has 1 heterocycles. The Morgan fingerprint density at radius 2 is 1.71 bits per heavy atom. The van der Waals surface area contributed by atoms with Gasteiger partial charge in [0.05, 0.1) is 23.1 Å². The van der Waals surface area contributed by atoms with Crippen molar-refractivity contribution in [1.29, 1.82) is 0 Å². The fraction of sp³-hybridized carbons (Fsp3) is 0.267. The van der Waals surface area contributed by atoms with Crippen molar-refractivity contribution in [3.63, 3.8) is 0 Å². The van der Waals surface area contributed by atoms with Gasteiger partial charge in [0.25, 0.3) is 5.91 Å². The summed E-state index contributed by atoms with van der Waals surface area (Å²) in [4.78, 5) is 52.7. The molecule has 38 heavy (non-hydrogen) atoms. The summed E-state index contributed by atoms with van der Waals surface area (Å²) in [6.45, 7) is 1.35. The third-order valence-corrected chi connectivity index (χ3v) is 7.73. The van der Waals surface area contributed by atoms with Crippen LogP contribution in [0.4, 0.5) is 11.4 Å². The summed E-state index contributed by atoms with van der Waals surface area (Å²) in [6, 6.07) is 21.4. The van der Waals surface area contributed by atoms with Crippen molar-refractivity contribution in [3.05, 3.63) is 94.5 Å². The monoisotopic (exact) mass is 530 g/mol. The Morgan fingerprint density at radius 3 is 2.47 bits per heavy atom. The number of nitrogens with zero attached hydrogens (tertiary/aromatic N) is 1. The van der Waals surface area contributed by atoms with Crippen LogP contribution >= 0.6 is 11.6 Å². The van der Waals surface area contributed by atoms with Crippen LogP contribution in [0.15, 0.2) is 72.8 Å². The maximum absolute atomic E-state index is 13.4. The maximum Gasteiger partial charge on any atom is 0.338 e. The summed E-state index contributed by atoms with van der Waals surface area (Å²) in [7, 11) is 0. The molecule has 7 nitrogen and oxygen atoms in total. The molecule has 3 amide bonds. The summed E-state index contributed by atoms with van der Waals surface area (Å²) in [6.07, 6.45) is 2.12. The molecule has 2 fully saturated rings. The zero-order valence-corrected chi connectivity index (χ0v) is 21.6. The number of hydrogen-bond donors (Lipinski definition) is 1. The second kappa shape index (κ2) is 10.8. The van der Waals surface area contributed by atoms with Crippen LogP contribution in [-0.4, -0.2) is 30.3 Å².